The number of hydrogen-bond donors (Lipinski definition) is 0. The molecule has 0 spiro atoms. The Morgan fingerprint density at radius 2 is 2.31 bits per heavy atom. The minimum Gasteiger partial charge on any atom is -0.469 e. The van der Waals surface area contributed by atoms with E-state index in [4.69, 9.17) is 27.6 Å². The summed E-state index contributed by atoms with van der Waals surface area (Å²) in [4.78, 5) is 1.02. The number of rotatable bonds is 3. The fraction of sp³-hybridized carbons (Fsp3) is 0.273. The molecule has 2 heterocycles. The van der Waals surface area contributed by atoms with Crippen LogP contribution >= 0.6 is 50.5 Å². The summed E-state index contributed by atoms with van der Waals surface area (Å²) in [6.45, 7) is 2.04. The second-order valence-corrected chi connectivity index (χ2v) is 6.53. The molecule has 2 rings (SSSR count). The molecular formula is C11H9BrCl2OS. The van der Waals surface area contributed by atoms with E-state index < -0.39 is 0 Å². The molecule has 1 unspecified atom stereocenters. The molecule has 0 N–H and O–H groups in total. The Kier molecular flexibility index (Phi) is 4.01. The first-order valence-electron chi connectivity index (χ1n) is 4.78. The van der Waals surface area contributed by atoms with E-state index in [0.29, 0.717) is 5.02 Å². The zero-order valence-electron chi connectivity index (χ0n) is 8.47. The second-order valence-electron chi connectivity index (χ2n) is 3.29. The van der Waals surface area contributed by atoms with Crippen LogP contribution in [0.4, 0.5) is 0 Å². The van der Waals surface area contributed by atoms with Crippen LogP contribution in [0, 0.1) is 0 Å². The van der Waals surface area contributed by atoms with Crippen LogP contribution in [-0.2, 0) is 6.42 Å². The molecular weight excluding hydrogens is 331 g/mol. The van der Waals surface area contributed by atoms with Gasteiger partial charge in [0, 0.05) is 16.9 Å². The quantitative estimate of drug-likeness (QED) is 0.659. The van der Waals surface area contributed by atoms with Crippen molar-refractivity contribution in [3.8, 4) is 0 Å². The van der Waals surface area contributed by atoms with Crippen molar-refractivity contribution in [1.82, 2.24) is 0 Å². The maximum Gasteiger partial charge on any atom is 0.108 e. The Morgan fingerprint density at radius 3 is 2.88 bits per heavy atom. The molecule has 0 aliphatic rings. The van der Waals surface area contributed by atoms with Crippen molar-refractivity contribution in [2.45, 2.75) is 18.7 Å². The average Bonchev–Trinajstić information content (AvgIpc) is 2.85. The minimum atomic E-state index is -0.192. The van der Waals surface area contributed by atoms with Gasteiger partial charge in [0.1, 0.15) is 5.76 Å². The molecule has 0 aliphatic heterocycles. The predicted octanol–water partition coefficient (Wildman–Crippen LogP) is 5.65. The van der Waals surface area contributed by atoms with Crippen molar-refractivity contribution in [2.24, 2.45) is 0 Å². The number of alkyl halides is 1. The van der Waals surface area contributed by atoms with Crippen LogP contribution in [0.2, 0.25) is 5.02 Å². The summed E-state index contributed by atoms with van der Waals surface area (Å²) in [5, 5.41) is 0.509. The molecule has 0 aliphatic carbocycles. The molecule has 5 heteroatoms. The van der Waals surface area contributed by atoms with Gasteiger partial charge in [-0.1, -0.05) is 18.5 Å². The molecule has 16 heavy (non-hydrogen) atoms. The second kappa shape index (κ2) is 5.13. The summed E-state index contributed by atoms with van der Waals surface area (Å²) in [7, 11) is 0. The van der Waals surface area contributed by atoms with Crippen LogP contribution in [-0.4, -0.2) is 0 Å². The van der Waals surface area contributed by atoms with E-state index in [1.165, 1.54) is 0 Å². The third-order valence-electron chi connectivity index (χ3n) is 2.29. The van der Waals surface area contributed by atoms with Gasteiger partial charge in [-0.25, -0.2) is 0 Å². The number of hydrogen-bond acceptors (Lipinski definition) is 2. The standard InChI is InChI=1S/C11H9BrCl2OS/c1-2-8-6(3-4-15-8)10(14)9-5-7(13)11(12)16-9/h3-5,10H,2H2,1H3. The van der Waals surface area contributed by atoms with Gasteiger partial charge in [-0.15, -0.1) is 22.9 Å². The highest BCUT2D eigenvalue weighted by atomic mass is 79.9. The zero-order chi connectivity index (χ0) is 11.7. The maximum atomic E-state index is 6.41. The van der Waals surface area contributed by atoms with E-state index in [1.54, 1.807) is 17.6 Å². The number of thiophene rings is 1. The van der Waals surface area contributed by atoms with Crippen LogP contribution < -0.4 is 0 Å². The van der Waals surface area contributed by atoms with Gasteiger partial charge in [0.05, 0.1) is 20.4 Å². The predicted molar refractivity (Wildman–Crippen MR) is 72.8 cm³/mol. The van der Waals surface area contributed by atoms with Crippen molar-refractivity contribution < 1.29 is 4.42 Å². The van der Waals surface area contributed by atoms with Gasteiger partial charge in [0.15, 0.2) is 0 Å². The Hall–Kier alpha value is 0.0400. The van der Waals surface area contributed by atoms with E-state index in [9.17, 15) is 0 Å². The maximum absolute atomic E-state index is 6.41. The van der Waals surface area contributed by atoms with Gasteiger partial charge in [-0.2, -0.15) is 0 Å². The third kappa shape index (κ3) is 2.33. The molecule has 0 saturated heterocycles. The minimum absolute atomic E-state index is 0.192. The monoisotopic (exact) mass is 338 g/mol. The number of aryl methyl sites for hydroxylation is 1. The molecule has 1 nitrogen and oxygen atoms in total. The van der Waals surface area contributed by atoms with Crippen LogP contribution in [0.3, 0.4) is 0 Å². The zero-order valence-corrected chi connectivity index (χ0v) is 12.4. The van der Waals surface area contributed by atoms with Crippen molar-refractivity contribution in [1.29, 1.82) is 0 Å². The summed E-state index contributed by atoms with van der Waals surface area (Å²) in [6.07, 6.45) is 2.51. The Morgan fingerprint density at radius 1 is 1.56 bits per heavy atom. The fourth-order valence-electron chi connectivity index (χ4n) is 1.51. The van der Waals surface area contributed by atoms with Crippen molar-refractivity contribution in [2.75, 3.05) is 0 Å². The van der Waals surface area contributed by atoms with Gasteiger partial charge in [0.2, 0.25) is 0 Å². The number of furan rings is 1. The summed E-state index contributed by atoms with van der Waals surface area (Å²) in [5.74, 6) is 0.931. The topological polar surface area (TPSA) is 13.1 Å². The van der Waals surface area contributed by atoms with Gasteiger partial charge >= 0.3 is 0 Å². The molecule has 1 atom stereocenters. The summed E-state index contributed by atoms with van der Waals surface area (Å²) in [5.41, 5.74) is 1.02. The van der Waals surface area contributed by atoms with Crippen LogP contribution in [0.1, 0.15) is 28.5 Å². The first-order valence-corrected chi connectivity index (χ1v) is 7.21. The van der Waals surface area contributed by atoms with E-state index in [1.807, 2.05) is 19.1 Å². The highest BCUT2D eigenvalue weighted by Gasteiger charge is 2.19. The van der Waals surface area contributed by atoms with E-state index in [0.717, 1.165) is 26.4 Å². The Bertz CT molecular complexity index is 472. The molecule has 0 bridgehead atoms. The SMILES string of the molecule is CCc1occc1C(Cl)c1cc(Cl)c(Br)s1. The van der Waals surface area contributed by atoms with Gasteiger partial charge < -0.3 is 4.42 Å². The van der Waals surface area contributed by atoms with Crippen LogP contribution in [0.25, 0.3) is 0 Å². The Labute approximate surface area is 116 Å². The van der Waals surface area contributed by atoms with Gasteiger partial charge in [0.25, 0.3) is 0 Å². The van der Waals surface area contributed by atoms with Crippen LogP contribution in [0.15, 0.2) is 26.6 Å². The molecule has 2 aromatic heterocycles. The summed E-state index contributed by atoms with van der Waals surface area (Å²) in [6, 6.07) is 3.80. The highest BCUT2D eigenvalue weighted by molar-refractivity contribution is 9.11. The summed E-state index contributed by atoms with van der Waals surface area (Å²) < 4.78 is 6.28. The molecule has 2 aromatic rings. The average molecular weight is 340 g/mol. The molecule has 0 saturated carbocycles. The normalized spacial score (nSPS) is 13.0. The van der Waals surface area contributed by atoms with E-state index in [2.05, 4.69) is 15.9 Å². The lowest BCUT2D eigenvalue weighted by molar-refractivity contribution is 0.512. The smallest absolute Gasteiger partial charge is 0.108 e. The Balaban J connectivity index is 2.35. The third-order valence-corrected chi connectivity index (χ3v) is 5.43. The van der Waals surface area contributed by atoms with Crippen molar-refractivity contribution in [3.63, 3.8) is 0 Å². The summed E-state index contributed by atoms with van der Waals surface area (Å²) >= 11 is 17.3. The van der Waals surface area contributed by atoms with Crippen molar-refractivity contribution in [3.05, 3.63) is 43.4 Å². The molecule has 0 radical (unpaired) electrons. The lowest BCUT2D eigenvalue weighted by Crippen LogP contribution is -1.92. The molecule has 0 aromatic carbocycles. The first-order chi connectivity index (χ1) is 7.63. The fourth-order valence-corrected chi connectivity index (χ4v) is 3.64. The molecule has 86 valence electrons. The van der Waals surface area contributed by atoms with E-state index >= 15 is 0 Å². The van der Waals surface area contributed by atoms with Gasteiger partial charge in [-0.05, 0) is 28.1 Å². The highest BCUT2D eigenvalue weighted by Crippen LogP contribution is 2.41. The lowest BCUT2D eigenvalue weighted by atomic mass is 10.1. The van der Waals surface area contributed by atoms with Gasteiger partial charge in [-0.3, -0.25) is 0 Å². The molecule has 0 amide bonds. The molecule has 0 fully saturated rings. The first kappa shape index (κ1) is 12.5. The van der Waals surface area contributed by atoms with Crippen LogP contribution in [0.5, 0.6) is 0 Å². The van der Waals surface area contributed by atoms with E-state index in [-0.39, 0.29) is 5.38 Å². The lowest BCUT2D eigenvalue weighted by Gasteiger charge is -2.06. The van der Waals surface area contributed by atoms with Crippen molar-refractivity contribution >= 4 is 50.5 Å². The number of halogens is 3. The largest absolute Gasteiger partial charge is 0.469 e.